The van der Waals surface area contributed by atoms with E-state index in [1.54, 1.807) is 24.3 Å². The molecule has 210 valence electrons. The Bertz CT molecular complexity index is 1020. The lowest BCUT2D eigenvalue weighted by molar-refractivity contribution is -0.127. The molecule has 5 heteroatoms. The van der Waals surface area contributed by atoms with Crippen LogP contribution in [0.25, 0.3) is 0 Å². The SMILES string of the molecule is CC(C)C(=O)C(CC(C)(C)C(C)CCCC1OC1C1CC1CCC(C)(C)C)N1C(=O)c2ccccc2C1=O. The van der Waals surface area contributed by atoms with E-state index < -0.39 is 6.04 Å². The molecule has 1 saturated carbocycles. The van der Waals surface area contributed by atoms with Crippen LogP contribution in [0.4, 0.5) is 0 Å². The van der Waals surface area contributed by atoms with Crippen LogP contribution in [0.3, 0.4) is 0 Å². The average Bonchev–Trinajstić information content (AvgIpc) is 3.75. The Morgan fingerprint density at radius 2 is 1.61 bits per heavy atom. The number of ketones is 1. The topological polar surface area (TPSA) is 67.0 Å². The van der Waals surface area contributed by atoms with Gasteiger partial charge in [-0.3, -0.25) is 19.3 Å². The van der Waals surface area contributed by atoms with Gasteiger partial charge in [0.25, 0.3) is 11.8 Å². The van der Waals surface area contributed by atoms with E-state index in [-0.39, 0.29) is 28.9 Å². The second-order valence-electron chi connectivity index (χ2n) is 14.5. The van der Waals surface area contributed by atoms with Gasteiger partial charge in [0, 0.05) is 5.92 Å². The molecule has 2 amide bonds. The van der Waals surface area contributed by atoms with Gasteiger partial charge >= 0.3 is 0 Å². The van der Waals surface area contributed by atoms with E-state index in [1.165, 1.54) is 24.2 Å². The normalized spacial score (nSPS) is 26.5. The number of epoxide rings is 1. The van der Waals surface area contributed by atoms with Crippen LogP contribution in [0.2, 0.25) is 0 Å². The van der Waals surface area contributed by atoms with E-state index in [0.29, 0.717) is 41.1 Å². The molecule has 2 heterocycles. The van der Waals surface area contributed by atoms with Gasteiger partial charge in [0.05, 0.1) is 29.4 Å². The van der Waals surface area contributed by atoms with Crippen molar-refractivity contribution in [2.75, 3.05) is 0 Å². The van der Waals surface area contributed by atoms with Crippen LogP contribution >= 0.6 is 0 Å². The molecule has 1 aliphatic carbocycles. The smallest absolute Gasteiger partial charge is 0.262 e. The number of fused-ring (bicyclic) bond motifs is 1. The molecule has 1 aromatic carbocycles. The first-order valence-corrected chi connectivity index (χ1v) is 14.9. The summed E-state index contributed by atoms with van der Waals surface area (Å²) in [6.07, 6.45) is 8.58. The van der Waals surface area contributed by atoms with Crippen molar-refractivity contribution in [3.8, 4) is 0 Å². The van der Waals surface area contributed by atoms with Crippen LogP contribution in [0.5, 0.6) is 0 Å². The van der Waals surface area contributed by atoms with Crippen molar-refractivity contribution >= 4 is 17.6 Å². The van der Waals surface area contributed by atoms with Crippen molar-refractivity contribution in [3.05, 3.63) is 35.4 Å². The van der Waals surface area contributed by atoms with Crippen molar-refractivity contribution in [2.24, 2.45) is 34.5 Å². The lowest BCUT2D eigenvalue weighted by atomic mass is 9.71. The fourth-order valence-electron chi connectivity index (χ4n) is 6.30. The summed E-state index contributed by atoms with van der Waals surface area (Å²) in [5, 5.41) is 0. The first-order valence-electron chi connectivity index (χ1n) is 14.9. The Morgan fingerprint density at radius 1 is 1.00 bits per heavy atom. The number of benzene rings is 1. The molecule has 6 unspecified atom stereocenters. The van der Waals surface area contributed by atoms with Gasteiger partial charge in [-0.25, -0.2) is 0 Å². The van der Waals surface area contributed by atoms with Gasteiger partial charge in [0.15, 0.2) is 5.78 Å². The van der Waals surface area contributed by atoms with Crippen LogP contribution in [-0.4, -0.2) is 40.7 Å². The second kappa shape index (κ2) is 10.9. The quantitative estimate of drug-likeness (QED) is 0.201. The van der Waals surface area contributed by atoms with Crippen LogP contribution < -0.4 is 0 Å². The Hall–Kier alpha value is -2.01. The number of amides is 2. The second-order valence-corrected chi connectivity index (χ2v) is 14.5. The van der Waals surface area contributed by atoms with Crippen LogP contribution in [0.1, 0.15) is 121 Å². The molecule has 3 aliphatic rings. The summed E-state index contributed by atoms with van der Waals surface area (Å²) in [6, 6.07) is 6.16. The zero-order chi connectivity index (χ0) is 28.0. The zero-order valence-corrected chi connectivity index (χ0v) is 24.9. The summed E-state index contributed by atoms with van der Waals surface area (Å²) in [7, 11) is 0. The van der Waals surface area contributed by atoms with Crippen molar-refractivity contribution < 1.29 is 19.1 Å². The Balaban J connectivity index is 1.30. The molecule has 0 radical (unpaired) electrons. The third-order valence-electron chi connectivity index (χ3n) is 9.50. The zero-order valence-electron chi connectivity index (χ0n) is 24.9. The Kier molecular flexibility index (Phi) is 8.29. The summed E-state index contributed by atoms with van der Waals surface area (Å²) in [6.45, 7) is 17.3. The molecule has 4 rings (SSSR count). The van der Waals surface area contributed by atoms with Crippen LogP contribution in [-0.2, 0) is 9.53 Å². The molecule has 6 atom stereocenters. The number of hydrogen-bond donors (Lipinski definition) is 0. The maximum Gasteiger partial charge on any atom is 0.262 e. The minimum absolute atomic E-state index is 0.0422. The minimum atomic E-state index is -0.740. The number of ether oxygens (including phenoxy) is 1. The first kappa shape index (κ1) is 29.0. The van der Waals surface area contributed by atoms with E-state index in [4.69, 9.17) is 4.74 Å². The molecule has 2 aliphatic heterocycles. The van der Waals surface area contributed by atoms with E-state index in [1.807, 2.05) is 13.8 Å². The fraction of sp³-hybridized carbons (Fsp3) is 0.727. The lowest BCUT2D eigenvalue weighted by Gasteiger charge is -2.38. The maximum atomic E-state index is 13.4. The van der Waals surface area contributed by atoms with E-state index in [9.17, 15) is 14.4 Å². The molecular formula is C33H49NO4. The van der Waals surface area contributed by atoms with Gasteiger partial charge in [-0.2, -0.15) is 0 Å². The summed E-state index contributed by atoms with van der Waals surface area (Å²) < 4.78 is 6.09. The highest BCUT2D eigenvalue weighted by molar-refractivity contribution is 6.23. The minimum Gasteiger partial charge on any atom is -0.369 e. The standard InChI is InChI=1S/C33H49NO4/c1-20(2)28(35)26(34-30(36)23-13-9-10-14-24(23)31(34)37)19-33(7,8)21(3)12-11-15-27-29(38-27)25-18-22(25)16-17-32(4,5)6/h9-10,13-14,20-22,25-27,29H,11-12,15-19H2,1-8H3. The summed E-state index contributed by atoms with van der Waals surface area (Å²) >= 11 is 0. The van der Waals surface area contributed by atoms with Gasteiger partial charge in [0.1, 0.15) is 0 Å². The summed E-state index contributed by atoms with van der Waals surface area (Å²) in [5.41, 5.74) is 1.02. The number of rotatable bonds is 13. The highest BCUT2D eigenvalue weighted by Gasteiger charge is 2.54. The van der Waals surface area contributed by atoms with Crippen LogP contribution in [0.15, 0.2) is 24.3 Å². The molecule has 0 bridgehead atoms. The van der Waals surface area contributed by atoms with Gasteiger partial charge in [-0.15, -0.1) is 0 Å². The van der Waals surface area contributed by atoms with E-state index >= 15 is 0 Å². The fourth-order valence-corrected chi connectivity index (χ4v) is 6.30. The van der Waals surface area contributed by atoms with Crippen LogP contribution in [0, 0.1) is 34.5 Å². The number of carbonyl (C=O) groups excluding carboxylic acids is 3. The van der Waals surface area contributed by atoms with E-state index in [2.05, 4.69) is 41.5 Å². The number of Topliss-reactive ketones (excluding diaryl/α,β-unsaturated/α-hetero) is 1. The Labute approximate surface area is 230 Å². The van der Waals surface area contributed by atoms with Gasteiger partial charge < -0.3 is 4.74 Å². The van der Waals surface area contributed by atoms with Crippen molar-refractivity contribution in [1.82, 2.24) is 4.90 Å². The van der Waals surface area contributed by atoms with Crippen molar-refractivity contribution in [2.45, 2.75) is 119 Å². The largest absolute Gasteiger partial charge is 0.369 e. The molecule has 0 N–H and O–H groups in total. The number of carbonyl (C=O) groups is 3. The van der Waals surface area contributed by atoms with Crippen molar-refractivity contribution in [3.63, 3.8) is 0 Å². The predicted octanol–water partition coefficient (Wildman–Crippen LogP) is 7.33. The summed E-state index contributed by atoms with van der Waals surface area (Å²) in [5.74, 6) is 1.00. The molecule has 38 heavy (non-hydrogen) atoms. The molecule has 1 aromatic rings. The van der Waals surface area contributed by atoms with Crippen molar-refractivity contribution in [1.29, 1.82) is 0 Å². The third kappa shape index (κ3) is 6.41. The first-order chi connectivity index (χ1) is 17.7. The summed E-state index contributed by atoms with van der Waals surface area (Å²) in [4.78, 5) is 41.1. The number of imide groups is 1. The molecule has 0 spiro atoms. The molecular weight excluding hydrogens is 474 g/mol. The highest BCUT2D eigenvalue weighted by atomic mass is 16.6. The molecule has 5 nitrogen and oxygen atoms in total. The molecule has 2 fully saturated rings. The van der Waals surface area contributed by atoms with E-state index in [0.717, 1.165) is 31.1 Å². The number of nitrogens with zero attached hydrogens (tertiary/aromatic N) is 1. The molecule has 0 aromatic heterocycles. The number of hydrogen-bond acceptors (Lipinski definition) is 4. The predicted molar refractivity (Wildman–Crippen MR) is 151 cm³/mol. The highest BCUT2D eigenvalue weighted by Crippen LogP contribution is 2.53. The maximum absolute atomic E-state index is 13.4. The lowest BCUT2D eigenvalue weighted by Crippen LogP contribution is -2.49. The Morgan fingerprint density at radius 3 is 2.16 bits per heavy atom. The third-order valence-corrected chi connectivity index (χ3v) is 9.50. The molecule has 1 saturated heterocycles. The monoisotopic (exact) mass is 523 g/mol. The van der Waals surface area contributed by atoms with Gasteiger partial charge in [-0.1, -0.05) is 80.4 Å². The average molecular weight is 524 g/mol. The van der Waals surface area contributed by atoms with Gasteiger partial charge in [0.2, 0.25) is 0 Å². The van der Waals surface area contributed by atoms with Gasteiger partial charge in [-0.05, 0) is 72.8 Å².